The molecule has 2 aliphatic rings. The maximum absolute atomic E-state index is 4.86. The molecule has 1 atom stereocenters. The number of aromatic nitrogens is 5. The largest absolute Gasteiger partial charge is 0.345 e. The maximum atomic E-state index is 4.86. The van der Waals surface area contributed by atoms with Crippen molar-refractivity contribution in [2.24, 2.45) is 0 Å². The van der Waals surface area contributed by atoms with Crippen molar-refractivity contribution in [3.05, 3.63) is 30.1 Å². The van der Waals surface area contributed by atoms with Crippen LogP contribution in [0.3, 0.4) is 0 Å². The van der Waals surface area contributed by atoms with Gasteiger partial charge in [0.1, 0.15) is 0 Å². The van der Waals surface area contributed by atoms with Crippen molar-refractivity contribution in [2.75, 3.05) is 31.1 Å². The Morgan fingerprint density at radius 3 is 2.63 bits per heavy atom. The Labute approximate surface area is 182 Å². The summed E-state index contributed by atoms with van der Waals surface area (Å²) in [5, 5.41) is 14.2. The molecule has 0 amide bonds. The minimum Gasteiger partial charge on any atom is -0.345 e. The standard InChI is InChI=1S/C22H31N7S/c1-2-8-19(21-24-25-26-29(21)17-9-4-3-5-10-17)27-13-15-28(16-14-27)22-23-18-11-6-7-12-20(18)30-22/h6-7,11-12,17,19H,2-5,8-10,13-16H2,1H3/t19-/m1/s1. The van der Waals surface area contributed by atoms with Gasteiger partial charge in [-0.1, -0.05) is 56.1 Å². The third-order valence-corrected chi connectivity index (χ3v) is 7.70. The van der Waals surface area contributed by atoms with E-state index in [1.54, 1.807) is 11.3 Å². The number of piperazine rings is 1. The van der Waals surface area contributed by atoms with Crippen LogP contribution in [-0.2, 0) is 0 Å². The van der Waals surface area contributed by atoms with Gasteiger partial charge in [0.2, 0.25) is 0 Å². The fourth-order valence-corrected chi connectivity index (χ4v) is 5.99. The summed E-state index contributed by atoms with van der Waals surface area (Å²) in [4.78, 5) is 9.89. The lowest BCUT2D eigenvalue weighted by Gasteiger charge is -2.39. The van der Waals surface area contributed by atoms with E-state index in [2.05, 4.69) is 61.2 Å². The van der Waals surface area contributed by atoms with Crippen LogP contribution in [0.2, 0.25) is 0 Å². The highest BCUT2D eigenvalue weighted by molar-refractivity contribution is 7.22. The van der Waals surface area contributed by atoms with Crippen LogP contribution in [0.5, 0.6) is 0 Å². The number of rotatable bonds is 6. The molecule has 0 unspecified atom stereocenters. The summed E-state index contributed by atoms with van der Waals surface area (Å²) in [5.41, 5.74) is 1.11. The topological polar surface area (TPSA) is 63.0 Å². The third-order valence-electron chi connectivity index (χ3n) is 6.61. The zero-order valence-electron chi connectivity index (χ0n) is 17.8. The van der Waals surface area contributed by atoms with Gasteiger partial charge >= 0.3 is 0 Å². The molecule has 1 saturated heterocycles. The van der Waals surface area contributed by atoms with E-state index in [0.29, 0.717) is 12.1 Å². The summed E-state index contributed by atoms with van der Waals surface area (Å²) in [6.45, 7) is 6.32. The lowest BCUT2D eigenvalue weighted by molar-refractivity contribution is 0.158. The molecule has 3 heterocycles. The van der Waals surface area contributed by atoms with Crippen molar-refractivity contribution in [3.63, 3.8) is 0 Å². The van der Waals surface area contributed by atoms with Gasteiger partial charge in [-0.15, -0.1) is 5.10 Å². The summed E-state index contributed by atoms with van der Waals surface area (Å²) in [7, 11) is 0. The van der Waals surface area contributed by atoms with E-state index >= 15 is 0 Å². The Bertz CT molecular complexity index is 920. The fourth-order valence-electron chi connectivity index (χ4n) is 4.97. The number of hydrogen-bond donors (Lipinski definition) is 0. The van der Waals surface area contributed by atoms with E-state index in [9.17, 15) is 0 Å². The van der Waals surface area contributed by atoms with Crippen LogP contribution < -0.4 is 4.90 Å². The predicted molar refractivity (Wildman–Crippen MR) is 121 cm³/mol. The second-order valence-electron chi connectivity index (χ2n) is 8.57. The highest BCUT2D eigenvalue weighted by Crippen LogP contribution is 2.34. The van der Waals surface area contributed by atoms with Gasteiger partial charge in [-0.25, -0.2) is 9.67 Å². The molecule has 2 fully saturated rings. The van der Waals surface area contributed by atoms with Crippen molar-refractivity contribution >= 4 is 26.7 Å². The third kappa shape index (κ3) is 3.95. The molecule has 7 nitrogen and oxygen atoms in total. The normalized spacial score (nSPS) is 20.1. The van der Waals surface area contributed by atoms with E-state index in [0.717, 1.165) is 55.5 Å². The molecule has 0 spiro atoms. The number of thiazole rings is 1. The quantitative estimate of drug-likeness (QED) is 0.581. The number of hydrogen-bond acceptors (Lipinski definition) is 7. The average Bonchev–Trinajstić information content (AvgIpc) is 3.45. The zero-order valence-corrected chi connectivity index (χ0v) is 18.6. The molecule has 2 aromatic heterocycles. The molecule has 30 heavy (non-hydrogen) atoms. The molecule has 8 heteroatoms. The second kappa shape index (κ2) is 8.98. The van der Waals surface area contributed by atoms with Gasteiger partial charge in [-0.05, 0) is 41.8 Å². The lowest BCUT2D eigenvalue weighted by Crippen LogP contribution is -2.48. The summed E-state index contributed by atoms with van der Waals surface area (Å²) < 4.78 is 3.44. The van der Waals surface area contributed by atoms with Crippen LogP contribution in [0.4, 0.5) is 5.13 Å². The Kier molecular flexibility index (Phi) is 5.95. The number of fused-ring (bicyclic) bond motifs is 1. The highest BCUT2D eigenvalue weighted by Gasteiger charge is 2.31. The minimum atomic E-state index is 0.310. The van der Waals surface area contributed by atoms with Gasteiger partial charge in [0.05, 0.1) is 22.3 Å². The van der Waals surface area contributed by atoms with Gasteiger partial charge in [0.25, 0.3) is 0 Å². The van der Waals surface area contributed by atoms with Crippen LogP contribution >= 0.6 is 11.3 Å². The van der Waals surface area contributed by atoms with E-state index < -0.39 is 0 Å². The first-order valence-corrected chi connectivity index (χ1v) is 12.3. The fraction of sp³-hybridized carbons (Fsp3) is 0.636. The Morgan fingerprint density at radius 2 is 1.87 bits per heavy atom. The molecule has 0 radical (unpaired) electrons. The number of tetrazole rings is 1. The number of benzene rings is 1. The molecule has 3 aromatic rings. The van der Waals surface area contributed by atoms with Crippen molar-refractivity contribution < 1.29 is 0 Å². The van der Waals surface area contributed by atoms with Crippen molar-refractivity contribution in [1.29, 1.82) is 0 Å². The predicted octanol–water partition coefficient (Wildman–Crippen LogP) is 4.45. The first kappa shape index (κ1) is 19.9. The smallest absolute Gasteiger partial charge is 0.186 e. The number of para-hydroxylation sites is 1. The molecular formula is C22H31N7S. The summed E-state index contributed by atoms with van der Waals surface area (Å²) >= 11 is 1.80. The molecule has 5 rings (SSSR count). The van der Waals surface area contributed by atoms with E-state index in [1.807, 2.05) is 0 Å². The molecule has 1 saturated carbocycles. The molecule has 1 aliphatic heterocycles. The molecule has 160 valence electrons. The van der Waals surface area contributed by atoms with Gasteiger partial charge in [0.15, 0.2) is 11.0 Å². The molecule has 1 aliphatic carbocycles. The lowest BCUT2D eigenvalue weighted by atomic mass is 9.95. The number of nitrogens with zero attached hydrogens (tertiary/aromatic N) is 7. The number of anilines is 1. The Hall–Kier alpha value is -2.06. The molecule has 1 aromatic carbocycles. The average molecular weight is 426 g/mol. The van der Waals surface area contributed by atoms with Crippen molar-refractivity contribution in [3.8, 4) is 0 Å². The Morgan fingerprint density at radius 1 is 1.07 bits per heavy atom. The monoisotopic (exact) mass is 425 g/mol. The molecule has 0 N–H and O–H groups in total. The highest BCUT2D eigenvalue weighted by atomic mass is 32.1. The van der Waals surface area contributed by atoms with Crippen LogP contribution in [0.1, 0.15) is 69.8 Å². The summed E-state index contributed by atoms with van der Waals surface area (Å²) in [6, 6.07) is 9.21. The van der Waals surface area contributed by atoms with Gasteiger partial charge in [-0.2, -0.15) is 0 Å². The first-order valence-electron chi connectivity index (χ1n) is 11.5. The molecular weight excluding hydrogens is 394 g/mol. The SMILES string of the molecule is CCC[C@H](c1nnnn1C1CCCCC1)N1CCN(c2nc3ccccc3s2)CC1. The van der Waals surface area contributed by atoms with Crippen LogP contribution in [0.25, 0.3) is 10.2 Å². The Balaban J connectivity index is 1.30. The minimum absolute atomic E-state index is 0.310. The van der Waals surface area contributed by atoms with Crippen LogP contribution in [0, 0.1) is 0 Å². The van der Waals surface area contributed by atoms with Gasteiger partial charge < -0.3 is 4.90 Å². The second-order valence-corrected chi connectivity index (χ2v) is 9.57. The van der Waals surface area contributed by atoms with Gasteiger partial charge in [-0.3, -0.25) is 4.90 Å². The first-order chi connectivity index (χ1) is 14.8. The van der Waals surface area contributed by atoms with E-state index in [-0.39, 0.29) is 0 Å². The summed E-state index contributed by atoms with van der Waals surface area (Å²) in [6.07, 6.45) is 8.60. The molecule has 0 bridgehead atoms. The van der Waals surface area contributed by atoms with E-state index in [1.165, 1.54) is 36.8 Å². The van der Waals surface area contributed by atoms with Gasteiger partial charge in [0, 0.05) is 26.2 Å². The zero-order chi connectivity index (χ0) is 20.3. The van der Waals surface area contributed by atoms with Crippen molar-refractivity contribution in [1.82, 2.24) is 30.1 Å². The van der Waals surface area contributed by atoms with Crippen LogP contribution in [-0.4, -0.2) is 56.3 Å². The van der Waals surface area contributed by atoms with Crippen molar-refractivity contribution in [2.45, 2.75) is 64.0 Å². The van der Waals surface area contributed by atoms with E-state index in [4.69, 9.17) is 4.98 Å². The van der Waals surface area contributed by atoms with Crippen LogP contribution in [0.15, 0.2) is 24.3 Å². The maximum Gasteiger partial charge on any atom is 0.186 e. The summed E-state index contributed by atoms with van der Waals surface area (Å²) in [5.74, 6) is 1.08.